The van der Waals surface area contributed by atoms with Crippen molar-refractivity contribution in [2.45, 2.75) is 25.5 Å². The van der Waals surface area contributed by atoms with Gasteiger partial charge in [0.05, 0.1) is 0 Å². The highest BCUT2D eigenvalue weighted by Crippen LogP contribution is 2.16. The molecular weight excluding hydrogens is 286 g/mol. The van der Waals surface area contributed by atoms with Crippen molar-refractivity contribution in [1.82, 2.24) is 5.32 Å². The van der Waals surface area contributed by atoms with Crippen LogP contribution in [0.5, 0.6) is 0 Å². The normalized spacial score (nSPS) is 11.7. The fourth-order valence-electron chi connectivity index (χ4n) is 2.23. The van der Waals surface area contributed by atoms with Gasteiger partial charge in [0.15, 0.2) is 6.23 Å². The van der Waals surface area contributed by atoms with Crippen LogP contribution >= 0.6 is 0 Å². The second kappa shape index (κ2) is 9.59. The third-order valence-corrected chi connectivity index (χ3v) is 3.49. The number of ether oxygens (including phenoxy) is 1. The van der Waals surface area contributed by atoms with E-state index < -0.39 is 6.23 Å². The van der Waals surface area contributed by atoms with Gasteiger partial charge < -0.3 is 10.1 Å². The molecule has 120 valence electrons. The summed E-state index contributed by atoms with van der Waals surface area (Å²) in [5.41, 5.74) is 1.57. The van der Waals surface area contributed by atoms with E-state index in [1.54, 1.807) is 12.1 Å². The van der Waals surface area contributed by atoms with Crippen molar-refractivity contribution in [2.24, 2.45) is 0 Å². The van der Waals surface area contributed by atoms with Gasteiger partial charge in [0.1, 0.15) is 0 Å². The van der Waals surface area contributed by atoms with Crippen molar-refractivity contribution in [3.63, 3.8) is 0 Å². The summed E-state index contributed by atoms with van der Waals surface area (Å²) in [6.45, 7) is 4.32. The van der Waals surface area contributed by atoms with Gasteiger partial charge in [0.2, 0.25) is 0 Å². The van der Waals surface area contributed by atoms with Crippen molar-refractivity contribution in [2.75, 3.05) is 6.61 Å². The Kier molecular flexibility index (Phi) is 7.08. The van der Waals surface area contributed by atoms with E-state index >= 15 is 0 Å². The minimum atomic E-state index is -0.437. The molecule has 1 amide bonds. The summed E-state index contributed by atoms with van der Waals surface area (Å²) in [6, 6.07) is 18.9. The molecule has 1 N–H and O–H groups in total. The lowest BCUT2D eigenvalue weighted by Crippen LogP contribution is -2.30. The Hall–Kier alpha value is -2.39. The van der Waals surface area contributed by atoms with E-state index in [9.17, 15) is 4.79 Å². The molecule has 2 rings (SSSR count). The summed E-state index contributed by atoms with van der Waals surface area (Å²) < 4.78 is 5.90. The highest BCUT2D eigenvalue weighted by molar-refractivity contribution is 5.94. The fourth-order valence-corrected chi connectivity index (χ4v) is 2.23. The molecule has 0 fully saturated rings. The van der Waals surface area contributed by atoms with Crippen LogP contribution in [-0.4, -0.2) is 12.5 Å². The molecule has 0 saturated heterocycles. The van der Waals surface area contributed by atoms with Gasteiger partial charge in [0.25, 0.3) is 5.91 Å². The molecule has 1 atom stereocenters. The predicted molar refractivity (Wildman–Crippen MR) is 93.1 cm³/mol. The molecule has 0 radical (unpaired) electrons. The average molecular weight is 309 g/mol. The summed E-state index contributed by atoms with van der Waals surface area (Å²) >= 11 is 0. The lowest BCUT2D eigenvalue weighted by atomic mass is 10.1. The van der Waals surface area contributed by atoms with Crippen LogP contribution in [0.3, 0.4) is 0 Å². The third kappa shape index (κ3) is 5.72. The molecule has 0 aliphatic heterocycles. The van der Waals surface area contributed by atoms with Gasteiger partial charge in [-0.25, -0.2) is 0 Å². The van der Waals surface area contributed by atoms with Crippen LogP contribution in [0.1, 0.15) is 41.4 Å². The van der Waals surface area contributed by atoms with Crippen molar-refractivity contribution >= 4 is 5.91 Å². The molecule has 0 spiro atoms. The SMILES string of the molecule is C=CCCCCOC(NC(=O)c1ccccc1)c1ccccc1. The molecule has 0 aromatic heterocycles. The van der Waals surface area contributed by atoms with E-state index in [4.69, 9.17) is 4.74 Å². The fraction of sp³-hybridized carbons (Fsp3) is 0.250. The Bertz CT molecular complexity index is 596. The van der Waals surface area contributed by atoms with Gasteiger partial charge in [-0.1, -0.05) is 54.6 Å². The summed E-state index contributed by atoms with van der Waals surface area (Å²) in [4.78, 5) is 12.4. The van der Waals surface area contributed by atoms with Crippen LogP contribution in [0.2, 0.25) is 0 Å². The highest BCUT2D eigenvalue weighted by atomic mass is 16.5. The van der Waals surface area contributed by atoms with E-state index in [0.717, 1.165) is 24.8 Å². The summed E-state index contributed by atoms with van der Waals surface area (Å²) in [6.07, 6.45) is 4.43. The summed E-state index contributed by atoms with van der Waals surface area (Å²) in [5.74, 6) is -0.134. The topological polar surface area (TPSA) is 38.3 Å². The van der Waals surface area contributed by atoms with Crippen LogP contribution < -0.4 is 5.32 Å². The van der Waals surface area contributed by atoms with Gasteiger partial charge in [-0.05, 0) is 31.4 Å². The third-order valence-electron chi connectivity index (χ3n) is 3.49. The largest absolute Gasteiger partial charge is 0.354 e. The van der Waals surface area contributed by atoms with Gasteiger partial charge >= 0.3 is 0 Å². The van der Waals surface area contributed by atoms with Crippen LogP contribution in [0.15, 0.2) is 73.3 Å². The number of amides is 1. The lowest BCUT2D eigenvalue weighted by molar-refractivity contribution is 0.0250. The maximum absolute atomic E-state index is 12.4. The van der Waals surface area contributed by atoms with Crippen LogP contribution in [0.25, 0.3) is 0 Å². The Morgan fingerprint density at radius 3 is 2.35 bits per heavy atom. The lowest BCUT2D eigenvalue weighted by Gasteiger charge is -2.20. The Morgan fingerprint density at radius 2 is 1.70 bits per heavy atom. The molecule has 0 aliphatic rings. The van der Waals surface area contributed by atoms with E-state index in [1.165, 1.54) is 0 Å². The predicted octanol–water partition coefficient (Wildman–Crippen LogP) is 4.49. The van der Waals surface area contributed by atoms with Gasteiger partial charge in [-0.2, -0.15) is 0 Å². The number of hydrogen-bond donors (Lipinski definition) is 1. The first-order valence-corrected chi connectivity index (χ1v) is 7.94. The van der Waals surface area contributed by atoms with Crippen LogP contribution in [0, 0.1) is 0 Å². The van der Waals surface area contributed by atoms with Crippen molar-refractivity contribution < 1.29 is 9.53 Å². The zero-order valence-electron chi connectivity index (χ0n) is 13.3. The molecule has 2 aromatic rings. The molecule has 23 heavy (non-hydrogen) atoms. The molecule has 3 nitrogen and oxygen atoms in total. The van der Waals surface area contributed by atoms with Crippen LogP contribution in [0.4, 0.5) is 0 Å². The van der Waals surface area contributed by atoms with Crippen molar-refractivity contribution in [3.8, 4) is 0 Å². The van der Waals surface area contributed by atoms with Crippen molar-refractivity contribution in [1.29, 1.82) is 0 Å². The van der Waals surface area contributed by atoms with Gasteiger partial charge in [0, 0.05) is 17.7 Å². The van der Waals surface area contributed by atoms with Gasteiger partial charge in [-0.15, -0.1) is 6.58 Å². The number of carbonyl (C=O) groups excluding carboxylic acids is 1. The number of benzene rings is 2. The van der Waals surface area contributed by atoms with Crippen LogP contribution in [-0.2, 0) is 4.74 Å². The minimum absolute atomic E-state index is 0.134. The van der Waals surface area contributed by atoms with E-state index in [0.29, 0.717) is 12.2 Å². The second-order valence-electron chi connectivity index (χ2n) is 5.29. The monoisotopic (exact) mass is 309 g/mol. The second-order valence-corrected chi connectivity index (χ2v) is 5.29. The first kappa shape index (κ1) is 17.0. The molecule has 0 bridgehead atoms. The number of nitrogens with one attached hydrogen (secondary N) is 1. The zero-order chi connectivity index (χ0) is 16.3. The first-order valence-electron chi connectivity index (χ1n) is 7.94. The molecule has 0 aliphatic carbocycles. The average Bonchev–Trinajstić information content (AvgIpc) is 2.62. The zero-order valence-corrected chi connectivity index (χ0v) is 13.3. The molecule has 3 heteroatoms. The Balaban J connectivity index is 1.99. The molecule has 2 aromatic carbocycles. The summed E-state index contributed by atoms with van der Waals surface area (Å²) in [5, 5.41) is 2.96. The maximum Gasteiger partial charge on any atom is 0.253 e. The van der Waals surface area contributed by atoms with Crippen molar-refractivity contribution in [3.05, 3.63) is 84.4 Å². The Morgan fingerprint density at radius 1 is 1.04 bits per heavy atom. The first-order chi connectivity index (χ1) is 11.3. The standard InChI is InChI=1S/C20H23NO2/c1-2-3-4-11-16-23-20(18-14-9-6-10-15-18)21-19(22)17-12-7-5-8-13-17/h2,5-10,12-15,20H,1,3-4,11,16H2,(H,21,22). The molecule has 1 unspecified atom stereocenters. The maximum atomic E-state index is 12.4. The van der Waals surface area contributed by atoms with E-state index in [1.807, 2.05) is 54.6 Å². The number of unbranched alkanes of at least 4 members (excludes halogenated alkanes) is 2. The summed E-state index contributed by atoms with van der Waals surface area (Å²) in [7, 11) is 0. The Labute approximate surface area is 138 Å². The molecule has 0 saturated carbocycles. The quantitative estimate of drug-likeness (QED) is 0.421. The molecule has 0 heterocycles. The molecular formula is C20H23NO2. The highest BCUT2D eigenvalue weighted by Gasteiger charge is 2.15. The van der Waals surface area contributed by atoms with E-state index in [-0.39, 0.29) is 5.91 Å². The van der Waals surface area contributed by atoms with Gasteiger partial charge in [-0.3, -0.25) is 4.79 Å². The number of allylic oxidation sites excluding steroid dienone is 1. The smallest absolute Gasteiger partial charge is 0.253 e. The number of rotatable bonds is 9. The minimum Gasteiger partial charge on any atom is -0.354 e. The number of hydrogen-bond acceptors (Lipinski definition) is 2. The van der Waals surface area contributed by atoms with E-state index in [2.05, 4.69) is 11.9 Å². The number of carbonyl (C=O) groups is 1.